The predicted octanol–water partition coefficient (Wildman–Crippen LogP) is 1.91. The lowest BCUT2D eigenvalue weighted by atomic mass is 10.2. The van der Waals surface area contributed by atoms with E-state index in [1.54, 1.807) is 19.1 Å². The van der Waals surface area contributed by atoms with Gasteiger partial charge in [-0.3, -0.25) is 0 Å². The summed E-state index contributed by atoms with van der Waals surface area (Å²) in [5, 5.41) is 10.2. The number of nitrogens with one attached hydrogen (secondary N) is 1. The molecule has 0 aliphatic heterocycles. The summed E-state index contributed by atoms with van der Waals surface area (Å²) in [7, 11) is 0. The number of carboxylic acid groups (broad SMARTS) is 1. The quantitative estimate of drug-likeness (QED) is 0.709. The minimum absolute atomic E-state index is 0.145. The second kappa shape index (κ2) is 4.89. The van der Waals surface area contributed by atoms with Crippen LogP contribution in [-0.2, 0) is 0 Å². The zero-order chi connectivity index (χ0) is 14.1. The van der Waals surface area contributed by atoms with Gasteiger partial charge in [-0.1, -0.05) is 0 Å². The van der Waals surface area contributed by atoms with Crippen LogP contribution in [0.15, 0.2) is 34.8 Å². The van der Waals surface area contributed by atoms with E-state index in [4.69, 9.17) is 0 Å². The van der Waals surface area contributed by atoms with Crippen molar-refractivity contribution >= 4 is 28.9 Å². The van der Waals surface area contributed by atoms with Gasteiger partial charge in [0.25, 0.3) is 0 Å². The maximum atomic E-state index is 11.2. The molecule has 0 aliphatic carbocycles. The molecular formula is C12H9N5O2S. The molecule has 0 saturated heterocycles. The van der Waals surface area contributed by atoms with E-state index in [2.05, 4.69) is 24.9 Å². The summed E-state index contributed by atoms with van der Waals surface area (Å²) in [5.74, 6) is -1.02. The lowest BCUT2D eigenvalue weighted by Crippen LogP contribution is -2.02. The Balaban J connectivity index is 2.09. The molecule has 3 rings (SSSR count). The fourth-order valence-electron chi connectivity index (χ4n) is 1.69. The van der Waals surface area contributed by atoms with Crippen molar-refractivity contribution in [3.8, 4) is 0 Å². The molecule has 0 bridgehead atoms. The molecule has 8 heteroatoms. The lowest BCUT2D eigenvalue weighted by molar-refractivity contribution is 0.0692. The van der Waals surface area contributed by atoms with Crippen molar-refractivity contribution in [2.75, 3.05) is 0 Å². The number of carboxylic acids is 1. The smallest absolute Gasteiger partial charge is 0.338 e. The number of rotatable bonds is 3. The number of nitrogens with zero attached hydrogens (tertiary/aromatic N) is 4. The largest absolute Gasteiger partial charge is 0.478 e. The van der Waals surface area contributed by atoms with Gasteiger partial charge in [-0.05, 0) is 30.8 Å². The van der Waals surface area contributed by atoms with Crippen LogP contribution in [0.3, 0.4) is 0 Å². The van der Waals surface area contributed by atoms with Gasteiger partial charge in [-0.15, -0.1) is 0 Å². The first-order valence-corrected chi connectivity index (χ1v) is 6.49. The van der Waals surface area contributed by atoms with Gasteiger partial charge in [0.1, 0.15) is 21.9 Å². The Hall–Kier alpha value is -2.48. The highest BCUT2D eigenvalue weighted by Crippen LogP contribution is 2.30. The first-order chi connectivity index (χ1) is 9.65. The summed E-state index contributed by atoms with van der Waals surface area (Å²) in [4.78, 5) is 30.6. The van der Waals surface area contributed by atoms with Gasteiger partial charge >= 0.3 is 5.97 Å². The number of hydrogen-bond acceptors (Lipinski definition) is 6. The molecule has 3 aromatic rings. The Labute approximate surface area is 117 Å². The average molecular weight is 287 g/mol. The second-order valence-electron chi connectivity index (χ2n) is 3.99. The number of aromatic nitrogens is 5. The number of H-pyrrole nitrogens is 1. The van der Waals surface area contributed by atoms with Crippen LogP contribution in [0.2, 0.25) is 0 Å². The molecule has 3 heterocycles. The normalized spacial score (nSPS) is 10.8. The van der Waals surface area contributed by atoms with Crippen LogP contribution in [0.1, 0.15) is 16.1 Å². The van der Waals surface area contributed by atoms with E-state index in [-0.39, 0.29) is 5.56 Å². The minimum atomic E-state index is -1.02. The van der Waals surface area contributed by atoms with Crippen molar-refractivity contribution < 1.29 is 9.90 Å². The molecule has 0 atom stereocenters. The SMILES string of the molecule is Cc1ccc(C(=O)O)c(Sc2ncnc3nc[nH]c23)n1. The standard InChI is InChI=1S/C12H9N5O2S/c1-6-2-3-7(12(18)19)10(17-6)20-11-8-9(14-4-13-8)15-5-16-11/h2-5H,1H3,(H,18,19)(H,13,14,15,16). The van der Waals surface area contributed by atoms with E-state index < -0.39 is 5.97 Å². The van der Waals surface area contributed by atoms with E-state index in [0.717, 1.165) is 5.69 Å². The van der Waals surface area contributed by atoms with E-state index in [1.807, 2.05) is 0 Å². The van der Waals surface area contributed by atoms with Crippen LogP contribution in [0.25, 0.3) is 11.2 Å². The molecule has 0 unspecified atom stereocenters. The Morgan fingerprint density at radius 2 is 2.10 bits per heavy atom. The number of aromatic amines is 1. The Morgan fingerprint density at radius 1 is 1.25 bits per heavy atom. The number of fused-ring (bicyclic) bond motifs is 1. The molecular weight excluding hydrogens is 278 g/mol. The summed E-state index contributed by atoms with van der Waals surface area (Å²) in [6.07, 6.45) is 2.91. The van der Waals surface area contributed by atoms with E-state index >= 15 is 0 Å². The van der Waals surface area contributed by atoms with Gasteiger partial charge in [0.2, 0.25) is 0 Å². The average Bonchev–Trinajstić information content (AvgIpc) is 2.88. The molecule has 0 fully saturated rings. The molecule has 0 radical (unpaired) electrons. The lowest BCUT2D eigenvalue weighted by Gasteiger charge is -2.05. The number of aryl methyl sites for hydroxylation is 1. The summed E-state index contributed by atoms with van der Waals surface area (Å²) in [5.41, 5.74) is 2.09. The number of imidazole rings is 1. The first kappa shape index (κ1) is 12.5. The molecule has 20 heavy (non-hydrogen) atoms. The highest BCUT2D eigenvalue weighted by atomic mass is 32.2. The Kier molecular flexibility index (Phi) is 3.07. The van der Waals surface area contributed by atoms with Crippen molar-refractivity contribution in [1.82, 2.24) is 24.9 Å². The van der Waals surface area contributed by atoms with Crippen LogP contribution in [0.4, 0.5) is 0 Å². The van der Waals surface area contributed by atoms with Crippen LogP contribution >= 0.6 is 11.8 Å². The van der Waals surface area contributed by atoms with Crippen molar-refractivity contribution in [3.63, 3.8) is 0 Å². The third kappa shape index (κ3) is 2.21. The third-order valence-corrected chi connectivity index (χ3v) is 3.62. The zero-order valence-electron chi connectivity index (χ0n) is 10.4. The Bertz CT molecular complexity index is 801. The van der Waals surface area contributed by atoms with Gasteiger partial charge in [0, 0.05) is 5.69 Å². The number of pyridine rings is 1. The maximum Gasteiger partial charge on any atom is 0.338 e. The fraction of sp³-hybridized carbons (Fsp3) is 0.0833. The van der Waals surface area contributed by atoms with E-state index in [1.165, 1.54) is 24.4 Å². The highest BCUT2D eigenvalue weighted by molar-refractivity contribution is 7.99. The van der Waals surface area contributed by atoms with Crippen molar-refractivity contribution in [2.24, 2.45) is 0 Å². The van der Waals surface area contributed by atoms with Gasteiger partial charge in [-0.25, -0.2) is 24.7 Å². The van der Waals surface area contributed by atoms with Crippen molar-refractivity contribution in [2.45, 2.75) is 17.0 Å². The van der Waals surface area contributed by atoms with E-state index in [0.29, 0.717) is 21.2 Å². The van der Waals surface area contributed by atoms with Gasteiger partial charge in [0.15, 0.2) is 5.65 Å². The maximum absolute atomic E-state index is 11.2. The molecule has 0 aliphatic rings. The highest BCUT2D eigenvalue weighted by Gasteiger charge is 2.16. The monoisotopic (exact) mass is 287 g/mol. The van der Waals surface area contributed by atoms with Crippen LogP contribution in [0.5, 0.6) is 0 Å². The van der Waals surface area contributed by atoms with Crippen LogP contribution in [0, 0.1) is 6.92 Å². The van der Waals surface area contributed by atoms with Crippen molar-refractivity contribution in [3.05, 3.63) is 36.0 Å². The second-order valence-corrected chi connectivity index (χ2v) is 4.97. The summed E-state index contributed by atoms with van der Waals surface area (Å²) in [6.45, 7) is 1.81. The molecule has 7 nitrogen and oxygen atoms in total. The third-order valence-electron chi connectivity index (χ3n) is 2.61. The van der Waals surface area contributed by atoms with Crippen molar-refractivity contribution in [1.29, 1.82) is 0 Å². The first-order valence-electron chi connectivity index (χ1n) is 5.68. The summed E-state index contributed by atoms with van der Waals surface area (Å²) < 4.78 is 0. The molecule has 100 valence electrons. The van der Waals surface area contributed by atoms with Gasteiger partial charge < -0.3 is 10.1 Å². The topological polar surface area (TPSA) is 105 Å². The van der Waals surface area contributed by atoms with E-state index in [9.17, 15) is 9.90 Å². The molecule has 3 aromatic heterocycles. The van der Waals surface area contributed by atoms with Crippen LogP contribution < -0.4 is 0 Å². The number of aromatic carboxylic acids is 1. The molecule has 0 aromatic carbocycles. The number of carbonyl (C=O) groups is 1. The van der Waals surface area contributed by atoms with Gasteiger partial charge in [-0.2, -0.15) is 0 Å². The number of hydrogen-bond donors (Lipinski definition) is 2. The summed E-state index contributed by atoms with van der Waals surface area (Å²) in [6, 6.07) is 3.21. The molecule has 0 spiro atoms. The Morgan fingerprint density at radius 3 is 2.90 bits per heavy atom. The molecule has 0 saturated carbocycles. The predicted molar refractivity (Wildman–Crippen MR) is 71.7 cm³/mol. The zero-order valence-corrected chi connectivity index (χ0v) is 11.2. The minimum Gasteiger partial charge on any atom is -0.478 e. The molecule has 2 N–H and O–H groups in total. The summed E-state index contributed by atoms with van der Waals surface area (Å²) >= 11 is 1.18. The van der Waals surface area contributed by atoms with Gasteiger partial charge in [0.05, 0.1) is 11.9 Å². The van der Waals surface area contributed by atoms with Crippen LogP contribution in [-0.4, -0.2) is 36.0 Å². The molecule has 0 amide bonds. The fourth-order valence-corrected chi connectivity index (χ4v) is 2.68.